The van der Waals surface area contributed by atoms with Gasteiger partial charge in [0.1, 0.15) is 24.4 Å². The number of aliphatic hydroxyl groups excluding tert-OH is 4. The number of likely N-dealkylation sites (N-methyl/N-ethyl adjacent to an activating group) is 5. The highest BCUT2D eigenvalue weighted by atomic mass is 16.3. The Morgan fingerprint density at radius 1 is 0.263 bits per heavy atom. The second-order valence-corrected chi connectivity index (χ2v) is 22.8. The van der Waals surface area contributed by atoms with Crippen molar-refractivity contribution in [2.24, 2.45) is 0 Å². The van der Waals surface area contributed by atoms with Crippen LogP contribution >= 0.6 is 0 Å². The van der Waals surface area contributed by atoms with Gasteiger partial charge in [0.2, 0.25) is 0 Å². The third-order valence-corrected chi connectivity index (χ3v) is 15.4. The summed E-state index contributed by atoms with van der Waals surface area (Å²) in [7, 11) is 8.78. The molecule has 0 saturated heterocycles. The zero-order chi connectivity index (χ0) is 56.8. The Hall–Kier alpha value is -2.40. The van der Waals surface area contributed by atoms with Crippen molar-refractivity contribution in [3.8, 4) is 0 Å². The fraction of sp³-hybridized carbons (Fsp3) is 0.934. The lowest BCUT2D eigenvalue weighted by atomic mass is 10.1. The molecule has 450 valence electrons. The first-order valence-corrected chi connectivity index (χ1v) is 31.4. The number of aliphatic hydroxyl groups is 4. The molecule has 0 aliphatic rings. The monoisotopic (exact) mass is 1080 g/mol. The van der Waals surface area contributed by atoms with Gasteiger partial charge in [-0.1, -0.05) is 207 Å². The maximum absolute atomic E-state index is 13.5. The van der Waals surface area contributed by atoms with Crippen LogP contribution in [0.4, 0.5) is 0 Å². The summed E-state index contributed by atoms with van der Waals surface area (Å²) in [5.74, 6) is -1.56. The Morgan fingerprint density at radius 2 is 0.434 bits per heavy atom. The van der Waals surface area contributed by atoms with E-state index in [4.69, 9.17) is 0 Å². The van der Waals surface area contributed by atoms with Crippen LogP contribution in [0.5, 0.6) is 0 Å². The molecule has 0 fully saturated rings. The Kier molecular flexibility index (Phi) is 48.1. The molecule has 4 unspecified atom stereocenters. The number of rotatable bonds is 54. The van der Waals surface area contributed by atoms with Crippen LogP contribution in [0.1, 0.15) is 233 Å². The number of unbranched alkanes of at least 4 members (excludes halogenated alkanes) is 28. The Balaban J connectivity index is 5.93. The van der Waals surface area contributed by atoms with Gasteiger partial charge in [0, 0.05) is 107 Å². The van der Waals surface area contributed by atoms with E-state index in [0.717, 1.165) is 77.0 Å². The third kappa shape index (κ3) is 39.0. The van der Waals surface area contributed by atoms with Gasteiger partial charge in [0.05, 0.1) is 0 Å². The maximum atomic E-state index is 13.5. The molecular weight excluding hydrogens is 959 g/mol. The first-order chi connectivity index (χ1) is 36.5. The molecule has 0 rings (SSSR count). The van der Waals surface area contributed by atoms with Crippen molar-refractivity contribution in [2.45, 2.75) is 258 Å². The number of amides is 4. The molecule has 0 aromatic carbocycles. The molecule has 76 heavy (non-hydrogen) atoms. The third-order valence-electron chi connectivity index (χ3n) is 15.4. The summed E-state index contributed by atoms with van der Waals surface area (Å²) in [6.45, 7) is 12.3. The van der Waals surface area contributed by atoms with Crippen LogP contribution in [0, 0.1) is 0 Å². The van der Waals surface area contributed by atoms with Gasteiger partial charge in [0.25, 0.3) is 23.6 Å². The van der Waals surface area contributed by atoms with E-state index in [-0.39, 0.29) is 26.2 Å². The van der Waals surface area contributed by atoms with E-state index in [2.05, 4.69) is 27.7 Å². The van der Waals surface area contributed by atoms with Crippen molar-refractivity contribution in [3.63, 3.8) is 0 Å². The number of nitrogens with zero attached hydrogens (tertiary/aromatic N) is 7. The molecule has 0 radical (unpaired) electrons. The van der Waals surface area contributed by atoms with Crippen LogP contribution in [0.15, 0.2) is 0 Å². The van der Waals surface area contributed by atoms with E-state index in [1.807, 2.05) is 11.9 Å². The summed E-state index contributed by atoms with van der Waals surface area (Å²) >= 11 is 0. The van der Waals surface area contributed by atoms with E-state index in [9.17, 15) is 39.6 Å². The number of hydrogen-bond donors (Lipinski definition) is 4. The number of carbonyl (C=O) groups excluding carboxylic acids is 4. The first kappa shape index (κ1) is 73.6. The Bertz CT molecular complexity index is 1210. The van der Waals surface area contributed by atoms with Crippen LogP contribution in [0.3, 0.4) is 0 Å². The van der Waals surface area contributed by atoms with Crippen LogP contribution in [0.25, 0.3) is 0 Å². The molecule has 0 bridgehead atoms. The van der Waals surface area contributed by atoms with E-state index < -0.39 is 48.0 Å². The highest BCUT2D eigenvalue weighted by Gasteiger charge is 2.29. The van der Waals surface area contributed by atoms with E-state index in [1.165, 1.54) is 128 Å². The molecule has 4 N–H and O–H groups in total. The average molecular weight is 1080 g/mol. The highest BCUT2D eigenvalue weighted by molar-refractivity contribution is 5.82. The second kappa shape index (κ2) is 49.6. The zero-order valence-electron chi connectivity index (χ0n) is 51.0. The minimum Gasteiger partial charge on any atom is -0.382 e. The summed E-state index contributed by atoms with van der Waals surface area (Å²) in [6, 6.07) is 0. The van der Waals surface area contributed by atoms with Gasteiger partial charge >= 0.3 is 0 Å². The van der Waals surface area contributed by atoms with E-state index >= 15 is 0 Å². The van der Waals surface area contributed by atoms with E-state index in [1.54, 1.807) is 57.6 Å². The molecule has 0 aliphatic carbocycles. The zero-order valence-corrected chi connectivity index (χ0v) is 51.0. The van der Waals surface area contributed by atoms with Gasteiger partial charge in [0.15, 0.2) is 0 Å². The van der Waals surface area contributed by atoms with Gasteiger partial charge in [-0.05, 0) is 32.7 Å². The summed E-state index contributed by atoms with van der Waals surface area (Å²) in [6.07, 6.45) is 31.3. The molecule has 0 aromatic heterocycles. The lowest BCUT2D eigenvalue weighted by molar-refractivity contribution is -0.143. The van der Waals surface area contributed by atoms with Crippen molar-refractivity contribution in [1.82, 2.24) is 34.3 Å². The van der Waals surface area contributed by atoms with Gasteiger partial charge in [-0.3, -0.25) is 29.0 Å². The van der Waals surface area contributed by atoms with Gasteiger partial charge in [-0.2, -0.15) is 0 Å². The minimum absolute atomic E-state index is 0.0613. The second-order valence-electron chi connectivity index (χ2n) is 22.8. The summed E-state index contributed by atoms with van der Waals surface area (Å²) < 4.78 is 0. The SMILES string of the molecule is CCCCCCCCCCN(C)C(=O)C(O)CN(CCN(C)CCN(CC(O)C(=O)N(C)CCCCCCCCCC)CC(O)C(=O)N(C)CCCCCCCCCC)CC(O)C(=O)N(C)CCCCCCCCCC. The molecule has 0 aromatic rings. The van der Waals surface area contributed by atoms with E-state index in [0.29, 0.717) is 52.4 Å². The summed E-state index contributed by atoms with van der Waals surface area (Å²) in [5.41, 5.74) is 0. The predicted molar refractivity (Wildman–Crippen MR) is 315 cm³/mol. The van der Waals surface area contributed by atoms with Crippen LogP contribution in [0.2, 0.25) is 0 Å². The molecule has 4 atom stereocenters. The molecular formula is C61H123N7O8. The average Bonchev–Trinajstić information content (AvgIpc) is 3.40. The fourth-order valence-electron chi connectivity index (χ4n) is 9.93. The van der Waals surface area contributed by atoms with Crippen molar-refractivity contribution in [1.29, 1.82) is 0 Å². The molecule has 0 saturated carbocycles. The standard InChI is InChI=1S/C61H123N7O8/c1-10-14-18-22-26-30-34-38-42-63(6)58(73)54(69)50-67(51-55(70)59(74)64(7)43-39-35-31-27-23-19-15-11-2)48-46-62(5)47-49-68(52-56(71)60(75)65(8)44-40-36-32-28-24-20-16-12-3)53-57(72)61(76)66(9)45-41-37-33-29-25-21-17-13-4/h54-57,69-72H,10-53H2,1-9H3. The van der Waals surface area contributed by atoms with Crippen LogP contribution < -0.4 is 0 Å². The highest BCUT2D eigenvalue weighted by Crippen LogP contribution is 2.14. The van der Waals surface area contributed by atoms with Crippen LogP contribution in [-0.4, -0.2) is 217 Å². The predicted octanol–water partition coefficient (Wildman–Crippen LogP) is 9.36. The van der Waals surface area contributed by atoms with Crippen molar-refractivity contribution < 1.29 is 39.6 Å². The minimum atomic E-state index is -1.35. The smallest absolute Gasteiger partial charge is 0.252 e. The van der Waals surface area contributed by atoms with Gasteiger partial charge in [-0.25, -0.2) is 0 Å². The largest absolute Gasteiger partial charge is 0.382 e. The molecule has 0 heterocycles. The molecule has 0 aliphatic heterocycles. The lowest BCUT2D eigenvalue weighted by Crippen LogP contribution is -2.51. The first-order valence-electron chi connectivity index (χ1n) is 31.4. The molecule has 4 amide bonds. The van der Waals surface area contributed by atoms with Gasteiger partial charge in [-0.15, -0.1) is 0 Å². The Labute approximate surface area is 467 Å². The molecule has 15 nitrogen and oxygen atoms in total. The van der Waals surface area contributed by atoms with Crippen molar-refractivity contribution in [2.75, 3.05) is 114 Å². The van der Waals surface area contributed by atoms with Crippen molar-refractivity contribution >= 4 is 23.6 Å². The van der Waals surface area contributed by atoms with Gasteiger partial charge < -0.3 is 44.9 Å². The summed E-state index contributed by atoms with van der Waals surface area (Å²) in [5, 5.41) is 45.3. The Morgan fingerprint density at radius 3 is 0.618 bits per heavy atom. The topological polar surface area (TPSA) is 172 Å². The van der Waals surface area contributed by atoms with Crippen molar-refractivity contribution in [3.05, 3.63) is 0 Å². The lowest BCUT2D eigenvalue weighted by Gasteiger charge is -2.32. The number of carbonyl (C=O) groups is 4. The fourth-order valence-corrected chi connectivity index (χ4v) is 9.93. The van der Waals surface area contributed by atoms with Crippen LogP contribution in [-0.2, 0) is 19.2 Å². The molecule has 15 heteroatoms. The normalized spacial score (nSPS) is 13.4. The quantitative estimate of drug-likeness (QED) is 0.0428. The number of hydrogen-bond acceptors (Lipinski definition) is 11. The maximum Gasteiger partial charge on any atom is 0.252 e. The summed E-state index contributed by atoms with van der Waals surface area (Å²) in [4.78, 5) is 65.9. The molecule has 0 spiro atoms.